The highest BCUT2D eigenvalue weighted by Crippen LogP contribution is 2.30. The van der Waals surface area contributed by atoms with E-state index in [-0.39, 0.29) is 0 Å². The molecule has 4 rings (SSSR count). The summed E-state index contributed by atoms with van der Waals surface area (Å²) in [5.74, 6) is 1.72. The van der Waals surface area contributed by atoms with Crippen LogP contribution < -0.4 is 4.74 Å². The van der Waals surface area contributed by atoms with E-state index >= 15 is 0 Å². The van der Waals surface area contributed by atoms with Gasteiger partial charge in [-0.25, -0.2) is 0 Å². The first-order valence-electron chi connectivity index (χ1n) is 8.67. The van der Waals surface area contributed by atoms with Gasteiger partial charge >= 0.3 is 0 Å². The minimum atomic E-state index is 0.669. The van der Waals surface area contributed by atoms with Crippen LogP contribution in [-0.2, 0) is 20.1 Å². The predicted molar refractivity (Wildman–Crippen MR) is 96.2 cm³/mol. The highest BCUT2D eigenvalue weighted by molar-refractivity contribution is 5.33. The lowest BCUT2D eigenvalue weighted by Gasteiger charge is -2.21. The van der Waals surface area contributed by atoms with Crippen molar-refractivity contribution in [2.75, 3.05) is 0 Å². The Balaban J connectivity index is 1.40. The molecular formula is C20H22N4O. The number of ether oxygens (including phenoxy) is 1. The van der Waals surface area contributed by atoms with Gasteiger partial charge in [-0.05, 0) is 42.7 Å². The van der Waals surface area contributed by atoms with Crippen LogP contribution in [0.1, 0.15) is 24.1 Å². The van der Waals surface area contributed by atoms with Crippen molar-refractivity contribution < 1.29 is 4.74 Å². The molecule has 1 aliphatic rings. The minimum Gasteiger partial charge on any atom is -0.457 e. The topological polar surface area (TPSA) is 43.2 Å². The highest BCUT2D eigenvalue weighted by atomic mass is 16.5. The molecule has 0 atom stereocenters. The zero-order valence-electron chi connectivity index (χ0n) is 14.4. The van der Waals surface area contributed by atoms with Crippen molar-refractivity contribution in [1.29, 1.82) is 0 Å². The van der Waals surface area contributed by atoms with E-state index in [4.69, 9.17) is 4.74 Å². The van der Waals surface area contributed by atoms with Crippen LogP contribution in [0.4, 0.5) is 0 Å². The Morgan fingerprint density at radius 3 is 2.36 bits per heavy atom. The van der Waals surface area contributed by atoms with Gasteiger partial charge < -0.3 is 4.74 Å². The number of rotatable bonds is 7. The van der Waals surface area contributed by atoms with Crippen LogP contribution in [0.3, 0.4) is 0 Å². The van der Waals surface area contributed by atoms with Crippen LogP contribution in [0.15, 0.2) is 60.8 Å². The molecule has 25 heavy (non-hydrogen) atoms. The molecule has 0 radical (unpaired) electrons. The maximum atomic E-state index is 5.86. The molecule has 1 heterocycles. The Morgan fingerprint density at radius 1 is 1.00 bits per heavy atom. The molecule has 1 fully saturated rings. The van der Waals surface area contributed by atoms with Crippen molar-refractivity contribution >= 4 is 0 Å². The van der Waals surface area contributed by atoms with Crippen molar-refractivity contribution in [1.82, 2.24) is 19.9 Å². The van der Waals surface area contributed by atoms with Crippen molar-refractivity contribution in [2.45, 2.75) is 32.0 Å². The largest absolute Gasteiger partial charge is 0.457 e. The summed E-state index contributed by atoms with van der Waals surface area (Å²) in [6.07, 6.45) is 4.54. The summed E-state index contributed by atoms with van der Waals surface area (Å²) < 4.78 is 7.62. The predicted octanol–water partition coefficient (Wildman–Crippen LogP) is 3.77. The Morgan fingerprint density at radius 2 is 1.72 bits per heavy atom. The van der Waals surface area contributed by atoms with Gasteiger partial charge in [0.2, 0.25) is 0 Å². The molecule has 0 N–H and O–H groups in total. The van der Waals surface area contributed by atoms with Crippen LogP contribution >= 0.6 is 0 Å². The second kappa shape index (κ2) is 7.07. The first-order valence-corrected chi connectivity index (χ1v) is 8.67. The smallest absolute Gasteiger partial charge is 0.127 e. The van der Waals surface area contributed by atoms with Crippen molar-refractivity contribution in [3.8, 4) is 11.5 Å². The van der Waals surface area contributed by atoms with E-state index in [1.54, 1.807) is 4.68 Å². The van der Waals surface area contributed by atoms with E-state index in [1.165, 1.54) is 18.4 Å². The molecule has 128 valence electrons. The van der Waals surface area contributed by atoms with E-state index in [2.05, 4.69) is 27.3 Å². The average Bonchev–Trinajstić information content (AvgIpc) is 3.40. The fourth-order valence-electron chi connectivity index (χ4n) is 2.95. The maximum absolute atomic E-state index is 5.86. The number of benzene rings is 2. The molecule has 5 heteroatoms. The number of para-hydroxylation sites is 1. The Bertz CT molecular complexity index is 809. The fraction of sp³-hybridized carbons (Fsp3) is 0.300. The van der Waals surface area contributed by atoms with Crippen LogP contribution in [0.2, 0.25) is 0 Å². The molecule has 1 aliphatic carbocycles. The van der Waals surface area contributed by atoms with Crippen molar-refractivity contribution in [3.63, 3.8) is 0 Å². The summed E-state index contributed by atoms with van der Waals surface area (Å²) in [6, 6.07) is 18.9. The summed E-state index contributed by atoms with van der Waals surface area (Å²) in [7, 11) is 1.91. The first kappa shape index (κ1) is 15.8. The average molecular weight is 334 g/mol. The molecule has 0 bridgehead atoms. The summed E-state index contributed by atoms with van der Waals surface area (Å²) >= 11 is 0. The van der Waals surface area contributed by atoms with Gasteiger partial charge in [-0.2, -0.15) is 0 Å². The number of aromatic nitrogens is 3. The van der Waals surface area contributed by atoms with Gasteiger partial charge in [-0.15, -0.1) is 5.10 Å². The second-order valence-electron chi connectivity index (χ2n) is 6.58. The number of aryl methyl sites for hydroxylation is 1. The molecule has 1 aromatic heterocycles. The van der Waals surface area contributed by atoms with E-state index < -0.39 is 0 Å². The normalized spacial score (nSPS) is 14.0. The highest BCUT2D eigenvalue weighted by Gasteiger charge is 2.29. The summed E-state index contributed by atoms with van der Waals surface area (Å²) in [5, 5.41) is 8.25. The van der Waals surface area contributed by atoms with Crippen LogP contribution in [0.5, 0.6) is 11.5 Å². The van der Waals surface area contributed by atoms with Gasteiger partial charge in [0.1, 0.15) is 11.5 Å². The quantitative estimate of drug-likeness (QED) is 0.660. The number of hydrogen-bond acceptors (Lipinski definition) is 4. The standard InChI is InChI=1S/C20H22N4O/c1-23-14-17(21-22-23)15-24(18-9-10-18)13-16-7-11-20(12-8-16)25-19-5-3-2-4-6-19/h2-8,11-12,14,18H,9-10,13,15H2,1H3. The first-order chi connectivity index (χ1) is 12.3. The van der Waals surface area contributed by atoms with E-state index in [0.717, 1.165) is 30.3 Å². The third kappa shape index (κ3) is 4.25. The lowest BCUT2D eigenvalue weighted by Crippen LogP contribution is -2.25. The second-order valence-corrected chi connectivity index (χ2v) is 6.58. The van der Waals surface area contributed by atoms with Gasteiger partial charge in [-0.3, -0.25) is 9.58 Å². The van der Waals surface area contributed by atoms with E-state index in [9.17, 15) is 0 Å². The third-order valence-corrected chi connectivity index (χ3v) is 4.37. The van der Waals surface area contributed by atoms with Gasteiger partial charge in [-0.1, -0.05) is 35.5 Å². The van der Waals surface area contributed by atoms with E-state index in [1.807, 2.05) is 55.7 Å². The molecule has 0 saturated heterocycles. The maximum Gasteiger partial charge on any atom is 0.127 e. The number of nitrogens with zero attached hydrogens (tertiary/aromatic N) is 4. The monoisotopic (exact) mass is 334 g/mol. The summed E-state index contributed by atoms with van der Waals surface area (Å²) in [5.41, 5.74) is 2.31. The molecule has 0 aliphatic heterocycles. The van der Waals surface area contributed by atoms with Gasteiger partial charge in [0.05, 0.1) is 5.69 Å². The zero-order valence-corrected chi connectivity index (χ0v) is 14.4. The lowest BCUT2D eigenvalue weighted by molar-refractivity contribution is 0.242. The molecule has 2 aromatic carbocycles. The molecule has 5 nitrogen and oxygen atoms in total. The molecular weight excluding hydrogens is 312 g/mol. The minimum absolute atomic E-state index is 0.669. The Kier molecular flexibility index (Phi) is 4.48. The van der Waals surface area contributed by atoms with Gasteiger partial charge in [0, 0.05) is 32.4 Å². The van der Waals surface area contributed by atoms with Crippen LogP contribution in [0, 0.1) is 0 Å². The van der Waals surface area contributed by atoms with Gasteiger partial charge in [0.25, 0.3) is 0 Å². The zero-order chi connectivity index (χ0) is 17.1. The molecule has 1 saturated carbocycles. The molecule has 3 aromatic rings. The number of hydrogen-bond donors (Lipinski definition) is 0. The fourth-order valence-corrected chi connectivity index (χ4v) is 2.95. The third-order valence-electron chi connectivity index (χ3n) is 4.37. The molecule has 0 unspecified atom stereocenters. The molecule has 0 spiro atoms. The van der Waals surface area contributed by atoms with Crippen LogP contribution in [-0.4, -0.2) is 25.9 Å². The van der Waals surface area contributed by atoms with E-state index in [0.29, 0.717) is 6.04 Å². The van der Waals surface area contributed by atoms with Crippen LogP contribution in [0.25, 0.3) is 0 Å². The van der Waals surface area contributed by atoms with Crippen molar-refractivity contribution in [2.24, 2.45) is 7.05 Å². The van der Waals surface area contributed by atoms with Gasteiger partial charge in [0.15, 0.2) is 0 Å². The summed E-state index contributed by atoms with van der Waals surface area (Å²) in [6.45, 7) is 1.77. The Labute approximate surface area is 147 Å². The lowest BCUT2D eigenvalue weighted by atomic mass is 10.2. The summed E-state index contributed by atoms with van der Waals surface area (Å²) in [4.78, 5) is 2.48. The SMILES string of the molecule is Cn1cc(CN(Cc2ccc(Oc3ccccc3)cc2)C2CC2)nn1. The molecule has 0 amide bonds. The van der Waals surface area contributed by atoms with Crippen molar-refractivity contribution in [3.05, 3.63) is 72.1 Å². The Hall–Kier alpha value is -2.66.